The zero-order valence-electron chi connectivity index (χ0n) is 19.3. The van der Waals surface area contributed by atoms with Crippen molar-refractivity contribution in [2.45, 2.75) is 65.0 Å². The summed E-state index contributed by atoms with van der Waals surface area (Å²) in [6.45, 7) is 5.72. The van der Waals surface area contributed by atoms with Crippen molar-refractivity contribution in [3.63, 3.8) is 0 Å². The van der Waals surface area contributed by atoms with Crippen LogP contribution in [0.2, 0.25) is 0 Å². The molecule has 1 aliphatic carbocycles. The van der Waals surface area contributed by atoms with Gasteiger partial charge in [-0.15, -0.1) is 24.0 Å². The first kappa shape index (κ1) is 26.6. The topological polar surface area (TPSA) is 108 Å². The molecule has 2 N–H and O–H groups in total. The van der Waals surface area contributed by atoms with Crippen LogP contribution < -0.4 is 5.32 Å². The Morgan fingerprint density at radius 3 is 2.48 bits per heavy atom. The SMILES string of the molecule is CCOC(=O)c1cc(-c2ccc(C#N)cc2)c(C(=N)OC(C)C)c(NC2CCCCC2)n1.I. The third-order valence-electron chi connectivity index (χ3n) is 5.36. The molecule has 33 heavy (non-hydrogen) atoms. The number of nitrogens with zero attached hydrogens (tertiary/aromatic N) is 2. The van der Waals surface area contributed by atoms with E-state index in [4.69, 9.17) is 20.1 Å². The molecule has 1 aromatic carbocycles. The molecule has 2 aromatic rings. The number of hydrogen-bond donors (Lipinski definition) is 2. The third-order valence-corrected chi connectivity index (χ3v) is 5.36. The highest BCUT2D eigenvalue weighted by Gasteiger charge is 2.25. The van der Waals surface area contributed by atoms with Crippen LogP contribution in [0.15, 0.2) is 30.3 Å². The zero-order chi connectivity index (χ0) is 23.1. The van der Waals surface area contributed by atoms with Crippen molar-refractivity contribution in [3.05, 3.63) is 47.2 Å². The standard InChI is InChI=1S/C25H30N4O3.HI/c1-4-31-25(30)21-14-20(18-12-10-17(15-26)11-13-18)22(23(27)32-16(2)3)24(29-21)28-19-8-6-5-7-9-19;/h10-14,16,19,27H,4-9H2,1-3H3,(H,28,29);1H. The smallest absolute Gasteiger partial charge is 0.357 e. The number of carbonyl (C=O) groups excluding carboxylic acids is 1. The summed E-state index contributed by atoms with van der Waals surface area (Å²) < 4.78 is 11.0. The second-order valence-electron chi connectivity index (χ2n) is 8.16. The van der Waals surface area contributed by atoms with Gasteiger partial charge in [-0.1, -0.05) is 31.4 Å². The summed E-state index contributed by atoms with van der Waals surface area (Å²) in [6, 6.07) is 11.0. The first-order valence-corrected chi connectivity index (χ1v) is 11.2. The molecular weight excluding hydrogens is 531 g/mol. The molecule has 0 spiro atoms. The number of aromatic nitrogens is 1. The molecule has 0 aliphatic heterocycles. The second kappa shape index (κ2) is 12.5. The van der Waals surface area contributed by atoms with Gasteiger partial charge in [0.15, 0.2) is 5.69 Å². The third kappa shape index (κ3) is 6.90. The van der Waals surface area contributed by atoms with Gasteiger partial charge in [0.1, 0.15) is 5.82 Å². The average Bonchev–Trinajstić information content (AvgIpc) is 2.79. The lowest BCUT2D eigenvalue weighted by Gasteiger charge is -2.26. The molecule has 0 radical (unpaired) electrons. The fourth-order valence-electron chi connectivity index (χ4n) is 3.88. The summed E-state index contributed by atoms with van der Waals surface area (Å²) >= 11 is 0. The minimum atomic E-state index is -0.517. The van der Waals surface area contributed by atoms with Gasteiger partial charge in [-0.25, -0.2) is 9.78 Å². The number of nitrogens with one attached hydrogen (secondary N) is 2. The van der Waals surface area contributed by atoms with Crippen LogP contribution in [0.5, 0.6) is 0 Å². The van der Waals surface area contributed by atoms with Crippen LogP contribution in [0.1, 0.15) is 74.5 Å². The molecule has 1 fully saturated rings. The molecule has 0 bridgehead atoms. The summed E-state index contributed by atoms with van der Waals surface area (Å²) in [5.74, 6) is -0.0787. The summed E-state index contributed by atoms with van der Waals surface area (Å²) in [7, 11) is 0. The largest absolute Gasteiger partial charge is 0.475 e. The molecule has 0 amide bonds. The average molecular weight is 562 g/mol. The van der Waals surface area contributed by atoms with Crippen LogP contribution in [0.3, 0.4) is 0 Å². The van der Waals surface area contributed by atoms with E-state index >= 15 is 0 Å². The number of benzene rings is 1. The van der Waals surface area contributed by atoms with Crippen LogP contribution >= 0.6 is 24.0 Å². The Hall–Kier alpha value is -2.67. The predicted octanol–water partition coefficient (Wildman–Crippen LogP) is 5.91. The number of rotatable bonds is 7. The summed E-state index contributed by atoms with van der Waals surface area (Å²) in [6.07, 6.45) is 5.30. The van der Waals surface area contributed by atoms with E-state index in [0.29, 0.717) is 22.5 Å². The number of ether oxygens (including phenoxy) is 2. The Labute approximate surface area is 212 Å². The van der Waals surface area contributed by atoms with E-state index in [9.17, 15) is 4.79 Å². The van der Waals surface area contributed by atoms with Gasteiger partial charge in [0.25, 0.3) is 0 Å². The lowest BCUT2D eigenvalue weighted by molar-refractivity contribution is 0.0519. The molecule has 0 atom stereocenters. The number of hydrogen-bond acceptors (Lipinski definition) is 7. The monoisotopic (exact) mass is 562 g/mol. The van der Waals surface area contributed by atoms with E-state index in [1.807, 2.05) is 13.8 Å². The zero-order valence-corrected chi connectivity index (χ0v) is 21.6. The minimum Gasteiger partial charge on any atom is -0.475 e. The fraction of sp³-hybridized carbons (Fsp3) is 0.440. The maximum Gasteiger partial charge on any atom is 0.357 e. The summed E-state index contributed by atoms with van der Waals surface area (Å²) in [5, 5.41) is 21.3. The highest BCUT2D eigenvalue weighted by molar-refractivity contribution is 14.0. The van der Waals surface area contributed by atoms with Gasteiger partial charge in [-0.2, -0.15) is 5.26 Å². The summed E-state index contributed by atoms with van der Waals surface area (Å²) in [4.78, 5) is 17.2. The highest BCUT2D eigenvalue weighted by atomic mass is 127. The Kier molecular flexibility index (Phi) is 10.1. The maximum atomic E-state index is 12.6. The van der Waals surface area contributed by atoms with Crippen molar-refractivity contribution < 1.29 is 14.3 Å². The van der Waals surface area contributed by atoms with E-state index in [0.717, 1.165) is 31.2 Å². The predicted molar refractivity (Wildman–Crippen MR) is 139 cm³/mol. The minimum absolute atomic E-state index is 0. The number of halogens is 1. The van der Waals surface area contributed by atoms with Gasteiger partial charge in [0, 0.05) is 11.6 Å². The first-order valence-electron chi connectivity index (χ1n) is 11.2. The van der Waals surface area contributed by atoms with Crippen LogP contribution in [0.4, 0.5) is 5.82 Å². The van der Waals surface area contributed by atoms with E-state index in [2.05, 4.69) is 16.4 Å². The molecule has 176 valence electrons. The van der Waals surface area contributed by atoms with Gasteiger partial charge in [0.05, 0.1) is 29.9 Å². The number of carbonyl (C=O) groups is 1. The van der Waals surface area contributed by atoms with Crippen molar-refractivity contribution in [2.24, 2.45) is 0 Å². The van der Waals surface area contributed by atoms with Crippen molar-refractivity contribution in [1.29, 1.82) is 10.7 Å². The molecule has 0 unspecified atom stereocenters. The van der Waals surface area contributed by atoms with Crippen LogP contribution in [-0.2, 0) is 9.47 Å². The van der Waals surface area contributed by atoms with E-state index in [-0.39, 0.29) is 54.3 Å². The molecule has 7 nitrogen and oxygen atoms in total. The van der Waals surface area contributed by atoms with Gasteiger partial charge < -0.3 is 14.8 Å². The van der Waals surface area contributed by atoms with Crippen molar-refractivity contribution in [2.75, 3.05) is 11.9 Å². The number of pyridine rings is 1. The number of nitriles is 1. The van der Waals surface area contributed by atoms with E-state index in [1.54, 1.807) is 37.3 Å². The molecule has 1 heterocycles. The second-order valence-corrected chi connectivity index (χ2v) is 8.16. The van der Waals surface area contributed by atoms with Gasteiger partial charge in [0.2, 0.25) is 5.90 Å². The van der Waals surface area contributed by atoms with E-state index in [1.165, 1.54) is 6.42 Å². The number of esters is 1. The van der Waals surface area contributed by atoms with Crippen LogP contribution in [0.25, 0.3) is 11.1 Å². The number of anilines is 1. The lowest BCUT2D eigenvalue weighted by atomic mass is 9.94. The Bertz CT molecular complexity index is 1010. The maximum absolute atomic E-state index is 12.6. The van der Waals surface area contributed by atoms with Gasteiger partial charge in [-0.3, -0.25) is 5.41 Å². The molecule has 1 saturated carbocycles. The molecule has 3 rings (SSSR count). The highest BCUT2D eigenvalue weighted by Crippen LogP contribution is 2.32. The molecule has 1 aromatic heterocycles. The first-order chi connectivity index (χ1) is 15.4. The quantitative estimate of drug-likeness (QED) is 0.188. The molecule has 8 heteroatoms. The Morgan fingerprint density at radius 2 is 1.91 bits per heavy atom. The lowest BCUT2D eigenvalue weighted by Crippen LogP contribution is -2.26. The Balaban J connectivity index is 0.00000385. The van der Waals surface area contributed by atoms with Gasteiger partial charge in [-0.05, 0) is 57.4 Å². The van der Waals surface area contributed by atoms with Gasteiger partial charge >= 0.3 is 5.97 Å². The molecular formula is C25H31IN4O3. The van der Waals surface area contributed by atoms with E-state index < -0.39 is 5.97 Å². The van der Waals surface area contributed by atoms with Crippen molar-refractivity contribution >= 4 is 41.7 Å². The van der Waals surface area contributed by atoms with Crippen molar-refractivity contribution in [3.8, 4) is 17.2 Å². The normalized spacial score (nSPS) is 13.5. The van der Waals surface area contributed by atoms with Crippen LogP contribution in [-0.4, -0.2) is 35.6 Å². The molecule has 1 aliphatic rings. The fourth-order valence-corrected chi connectivity index (χ4v) is 3.88. The molecule has 0 saturated heterocycles. The summed E-state index contributed by atoms with van der Waals surface area (Å²) in [5.41, 5.74) is 2.60. The van der Waals surface area contributed by atoms with Crippen LogP contribution in [0, 0.1) is 16.7 Å². The van der Waals surface area contributed by atoms with Crippen molar-refractivity contribution in [1.82, 2.24) is 4.98 Å². The Morgan fingerprint density at radius 1 is 1.24 bits per heavy atom.